The van der Waals surface area contributed by atoms with Crippen LogP contribution in [0.15, 0.2) is 39.8 Å². The molecule has 1 unspecified atom stereocenters. The van der Waals surface area contributed by atoms with Gasteiger partial charge in [0.2, 0.25) is 0 Å². The predicted molar refractivity (Wildman–Crippen MR) is 95.0 cm³/mol. The maximum Gasteiger partial charge on any atom is 0.252 e. The lowest BCUT2D eigenvalue weighted by Gasteiger charge is -2.19. The summed E-state index contributed by atoms with van der Waals surface area (Å²) in [5.41, 5.74) is 1.46. The Kier molecular flexibility index (Phi) is 6.87. The average Bonchev–Trinajstić information content (AvgIpc) is 2.97. The van der Waals surface area contributed by atoms with Crippen LogP contribution < -0.4 is 5.32 Å². The Morgan fingerprint density at radius 3 is 2.75 bits per heavy atom. The highest BCUT2D eigenvalue weighted by Crippen LogP contribution is 2.26. The molecule has 0 fully saturated rings. The van der Waals surface area contributed by atoms with E-state index in [4.69, 9.17) is 4.52 Å². The number of aliphatic hydroxyl groups is 1. The number of rotatable bonds is 8. The van der Waals surface area contributed by atoms with E-state index in [9.17, 15) is 9.90 Å². The standard InChI is InChI=1S/C18H24N2O3S/c1-12(2)8-14(10-21)19-18(22)16-6-4-5-7-17(16)24-11-15-9-13(3)20-23-15/h4-7,9,12,14,21H,8,10-11H2,1-3H3,(H,19,22). The minimum Gasteiger partial charge on any atom is -0.394 e. The largest absolute Gasteiger partial charge is 0.394 e. The van der Waals surface area contributed by atoms with Gasteiger partial charge in [0.25, 0.3) is 5.91 Å². The van der Waals surface area contributed by atoms with Gasteiger partial charge in [0.05, 0.1) is 29.7 Å². The van der Waals surface area contributed by atoms with Crippen molar-refractivity contribution in [3.8, 4) is 0 Å². The maximum atomic E-state index is 12.6. The molecule has 1 heterocycles. The number of hydrogen-bond acceptors (Lipinski definition) is 5. The highest BCUT2D eigenvalue weighted by molar-refractivity contribution is 7.98. The Bertz CT molecular complexity index is 670. The van der Waals surface area contributed by atoms with Gasteiger partial charge in [-0.05, 0) is 31.4 Å². The zero-order chi connectivity index (χ0) is 17.5. The number of nitrogens with zero attached hydrogens (tertiary/aromatic N) is 1. The van der Waals surface area contributed by atoms with E-state index in [0.717, 1.165) is 22.8 Å². The van der Waals surface area contributed by atoms with Gasteiger partial charge in [0.15, 0.2) is 0 Å². The molecule has 0 saturated carbocycles. The molecule has 0 saturated heterocycles. The SMILES string of the molecule is Cc1cc(CSc2ccccc2C(=O)NC(CO)CC(C)C)on1. The van der Waals surface area contributed by atoms with Crippen LogP contribution in [-0.4, -0.2) is 28.8 Å². The third-order valence-electron chi connectivity index (χ3n) is 3.49. The number of aliphatic hydroxyl groups excluding tert-OH is 1. The third-order valence-corrected chi connectivity index (χ3v) is 4.59. The molecule has 5 nitrogen and oxygen atoms in total. The highest BCUT2D eigenvalue weighted by atomic mass is 32.2. The second kappa shape index (κ2) is 8.89. The second-order valence-corrected chi connectivity index (χ2v) is 7.22. The molecule has 130 valence electrons. The molecule has 1 aromatic carbocycles. The Labute approximate surface area is 146 Å². The van der Waals surface area contributed by atoms with Crippen LogP contribution in [0.1, 0.15) is 42.1 Å². The van der Waals surface area contributed by atoms with E-state index < -0.39 is 0 Å². The van der Waals surface area contributed by atoms with Crippen molar-refractivity contribution >= 4 is 17.7 Å². The highest BCUT2D eigenvalue weighted by Gasteiger charge is 2.17. The van der Waals surface area contributed by atoms with Crippen LogP contribution >= 0.6 is 11.8 Å². The lowest BCUT2D eigenvalue weighted by Crippen LogP contribution is -2.38. The molecule has 0 aliphatic heterocycles. The summed E-state index contributed by atoms with van der Waals surface area (Å²) in [6, 6.07) is 9.12. The van der Waals surface area contributed by atoms with Crippen LogP contribution in [0.5, 0.6) is 0 Å². The van der Waals surface area contributed by atoms with Crippen molar-refractivity contribution in [3.63, 3.8) is 0 Å². The van der Waals surface area contributed by atoms with Crippen LogP contribution in [0.4, 0.5) is 0 Å². The van der Waals surface area contributed by atoms with Gasteiger partial charge in [0, 0.05) is 11.0 Å². The monoisotopic (exact) mass is 348 g/mol. The van der Waals surface area contributed by atoms with Crippen molar-refractivity contribution in [2.75, 3.05) is 6.61 Å². The molecule has 2 rings (SSSR count). The Morgan fingerprint density at radius 2 is 2.12 bits per heavy atom. The lowest BCUT2D eigenvalue weighted by atomic mass is 10.0. The van der Waals surface area contributed by atoms with Gasteiger partial charge in [-0.2, -0.15) is 0 Å². The first-order valence-electron chi connectivity index (χ1n) is 8.05. The lowest BCUT2D eigenvalue weighted by molar-refractivity contribution is 0.0905. The number of benzene rings is 1. The zero-order valence-corrected chi connectivity index (χ0v) is 15.1. The molecule has 2 aromatic rings. The third kappa shape index (κ3) is 5.39. The van der Waals surface area contributed by atoms with Crippen LogP contribution in [0.2, 0.25) is 0 Å². The molecule has 0 spiro atoms. The van der Waals surface area contributed by atoms with Gasteiger partial charge >= 0.3 is 0 Å². The first kappa shape index (κ1) is 18.5. The van der Waals surface area contributed by atoms with E-state index in [1.807, 2.05) is 31.2 Å². The number of thioether (sulfide) groups is 1. The molecule has 1 atom stereocenters. The Balaban J connectivity index is 2.05. The number of aromatic nitrogens is 1. The molecular formula is C18H24N2O3S. The summed E-state index contributed by atoms with van der Waals surface area (Å²) >= 11 is 1.53. The van der Waals surface area contributed by atoms with E-state index >= 15 is 0 Å². The van der Waals surface area contributed by atoms with Gasteiger partial charge in [-0.15, -0.1) is 11.8 Å². The average molecular weight is 348 g/mol. The number of nitrogens with one attached hydrogen (secondary N) is 1. The molecule has 0 aliphatic rings. The predicted octanol–water partition coefficient (Wildman–Crippen LogP) is 3.41. The van der Waals surface area contributed by atoms with Crippen molar-refractivity contribution in [1.82, 2.24) is 10.5 Å². The molecule has 24 heavy (non-hydrogen) atoms. The van der Waals surface area contributed by atoms with Crippen molar-refractivity contribution < 1.29 is 14.4 Å². The summed E-state index contributed by atoms with van der Waals surface area (Å²) in [5, 5.41) is 16.2. The quantitative estimate of drug-likeness (QED) is 0.715. The fourth-order valence-corrected chi connectivity index (χ4v) is 3.35. The molecule has 1 amide bonds. The molecule has 0 radical (unpaired) electrons. The first-order chi connectivity index (χ1) is 11.5. The molecule has 2 N–H and O–H groups in total. The summed E-state index contributed by atoms with van der Waals surface area (Å²) in [6.45, 7) is 5.95. The molecular weight excluding hydrogens is 324 g/mol. The minimum atomic E-state index is -0.229. The maximum absolute atomic E-state index is 12.6. The van der Waals surface area contributed by atoms with E-state index in [1.54, 1.807) is 6.07 Å². The number of carbonyl (C=O) groups excluding carboxylic acids is 1. The van der Waals surface area contributed by atoms with E-state index in [0.29, 0.717) is 17.2 Å². The van der Waals surface area contributed by atoms with E-state index in [2.05, 4.69) is 24.3 Å². The molecule has 0 aliphatic carbocycles. The number of amides is 1. The fourth-order valence-electron chi connectivity index (χ4n) is 2.42. The molecule has 1 aromatic heterocycles. The van der Waals surface area contributed by atoms with Gasteiger partial charge in [-0.3, -0.25) is 4.79 Å². The summed E-state index contributed by atoms with van der Waals surface area (Å²) in [7, 11) is 0. The van der Waals surface area contributed by atoms with Gasteiger partial charge in [-0.1, -0.05) is 31.1 Å². The number of aryl methyl sites for hydroxylation is 1. The zero-order valence-electron chi connectivity index (χ0n) is 14.3. The first-order valence-corrected chi connectivity index (χ1v) is 9.04. The van der Waals surface area contributed by atoms with Crippen LogP contribution in [0, 0.1) is 12.8 Å². The summed E-state index contributed by atoms with van der Waals surface area (Å²) in [5.74, 6) is 1.63. The van der Waals surface area contributed by atoms with E-state index in [1.165, 1.54) is 11.8 Å². The van der Waals surface area contributed by atoms with Crippen LogP contribution in [0.25, 0.3) is 0 Å². The molecule has 0 bridgehead atoms. The van der Waals surface area contributed by atoms with E-state index in [-0.39, 0.29) is 18.6 Å². The van der Waals surface area contributed by atoms with Crippen molar-refractivity contribution in [3.05, 3.63) is 47.3 Å². The smallest absolute Gasteiger partial charge is 0.252 e. The van der Waals surface area contributed by atoms with Crippen molar-refractivity contribution in [2.45, 2.75) is 43.9 Å². The summed E-state index contributed by atoms with van der Waals surface area (Å²) in [6.07, 6.45) is 0.745. The fraction of sp³-hybridized carbons (Fsp3) is 0.444. The van der Waals surface area contributed by atoms with Crippen molar-refractivity contribution in [1.29, 1.82) is 0 Å². The minimum absolute atomic E-state index is 0.0590. The molecule has 6 heteroatoms. The van der Waals surface area contributed by atoms with Gasteiger partial charge in [-0.25, -0.2) is 0 Å². The van der Waals surface area contributed by atoms with Crippen LogP contribution in [-0.2, 0) is 5.75 Å². The van der Waals surface area contributed by atoms with Crippen LogP contribution in [0.3, 0.4) is 0 Å². The number of hydrogen-bond donors (Lipinski definition) is 2. The second-order valence-electron chi connectivity index (χ2n) is 6.20. The topological polar surface area (TPSA) is 75.4 Å². The Morgan fingerprint density at radius 1 is 1.38 bits per heavy atom. The summed E-state index contributed by atoms with van der Waals surface area (Å²) in [4.78, 5) is 13.4. The van der Waals surface area contributed by atoms with Gasteiger partial charge < -0.3 is 14.9 Å². The number of carbonyl (C=O) groups is 1. The Hall–Kier alpha value is -1.79. The summed E-state index contributed by atoms with van der Waals surface area (Å²) < 4.78 is 5.21. The van der Waals surface area contributed by atoms with Crippen molar-refractivity contribution in [2.24, 2.45) is 5.92 Å². The normalized spacial score (nSPS) is 12.4. The van der Waals surface area contributed by atoms with Gasteiger partial charge in [0.1, 0.15) is 5.76 Å².